The Morgan fingerprint density at radius 3 is 2.27 bits per heavy atom. The summed E-state index contributed by atoms with van der Waals surface area (Å²) in [6.45, 7) is 4.33. The van der Waals surface area contributed by atoms with Crippen LogP contribution in [0, 0.1) is 23.2 Å². The maximum absolute atomic E-state index is 12.9. The average Bonchev–Trinajstić information content (AvgIpc) is 2.58. The minimum Gasteiger partial charge on any atom is -0.347 e. The third-order valence-corrected chi connectivity index (χ3v) is 6.77. The van der Waals surface area contributed by atoms with Crippen molar-refractivity contribution in [3.63, 3.8) is 0 Å². The van der Waals surface area contributed by atoms with Gasteiger partial charge in [-0.15, -0.1) is 0 Å². The second-order valence-electron chi connectivity index (χ2n) is 9.21. The average molecular weight is 354 g/mol. The van der Waals surface area contributed by atoms with Gasteiger partial charge in [0.1, 0.15) is 0 Å². The zero-order chi connectivity index (χ0) is 18.3. The molecule has 140 valence electrons. The van der Waals surface area contributed by atoms with Crippen LogP contribution in [0.5, 0.6) is 0 Å². The molecule has 4 fully saturated rings. The van der Waals surface area contributed by atoms with Crippen molar-refractivity contribution >= 4 is 17.5 Å². The predicted octanol–water partition coefficient (Wildman–Crippen LogP) is 4.08. The minimum atomic E-state index is -0.188. The van der Waals surface area contributed by atoms with Crippen LogP contribution in [0.1, 0.15) is 63.9 Å². The lowest BCUT2D eigenvalue weighted by molar-refractivity contribution is -0.146. The van der Waals surface area contributed by atoms with Crippen LogP contribution in [0.4, 0.5) is 5.69 Å². The van der Waals surface area contributed by atoms with E-state index < -0.39 is 0 Å². The largest absolute Gasteiger partial charge is 0.347 e. The third-order valence-electron chi connectivity index (χ3n) is 6.77. The zero-order valence-corrected chi connectivity index (χ0v) is 15.9. The van der Waals surface area contributed by atoms with Crippen LogP contribution in [-0.2, 0) is 9.59 Å². The van der Waals surface area contributed by atoms with Gasteiger partial charge < -0.3 is 10.6 Å². The molecule has 2 N–H and O–H groups in total. The molecule has 4 heteroatoms. The lowest BCUT2D eigenvalue weighted by atomic mass is 9.49. The highest BCUT2D eigenvalue weighted by Gasteiger charge is 2.54. The number of carbonyl (C=O) groups is 2. The van der Waals surface area contributed by atoms with Crippen molar-refractivity contribution in [3.05, 3.63) is 29.8 Å². The highest BCUT2D eigenvalue weighted by molar-refractivity contribution is 5.95. The molecule has 0 saturated heterocycles. The molecule has 4 saturated carbocycles. The van der Waals surface area contributed by atoms with E-state index in [1.807, 2.05) is 18.2 Å². The first-order chi connectivity index (χ1) is 12.4. The Morgan fingerprint density at radius 2 is 1.69 bits per heavy atom. The van der Waals surface area contributed by atoms with E-state index in [0.29, 0.717) is 5.92 Å². The molecule has 4 aliphatic rings. The molecule has 4 bridgehead atoms. The first-order valence-corrected chi connectivity index (χ1v) is 10.1. The Bertz CT molecular complexity index is 675. The van der Waals surface area contributed by atoms with Crippen LogP contribution in [0.2, 0.25) is 0 Å². The summed E-state index contributed by atoms with van der Waals surface area (Å²) >= 11 is 0. The van der Waals surface area contributed by atoms with Crippen LogP contribution in [0.3, 0.4) is 0 Å². The lowest BCUT2D eigenvalue weighted by Gasteiger charge is -2.55. The molecule has 4 aliphatic carbocycles. The van der Waals surface area contributed by atoms with Gasteiger partial charge in [0.2, 0.25) is 11.8 Å². The molecule has 0 radical (unpaired) electrons. The van der Waals surface area contributed by atoms with Crippen molar-refractivity contribution in [3.8, 4) is 0 Å². The van der Waals surface area contributed by atoms with Crippen LogP contribution in [0.25, 0.3) is 0 Å². The molecule has 0 aliphatic heterocycles. The Balaban J connectivity index is 1.33. The first kappa shape index (κ1) is 17.6. The quantitative estimate of drug-likeness (QED) is 0.837. The lowest BCUT2D eigenvalue weighted by Crippen LogP contribution is -2.54. The molecule has 1 aromatic carbocycles. The molecule has 2 amide bonds. The Morgan fingerprint density at radius 1 is 1.08 bits per heavy atom. The maximum Gasteiger partial charge on any atom is 0.243 e. The summed E-state index contributed by atoms with van der Waals surface area (Å²) in [5.74, 6) is 2.59. The summed E-state index contributed by atoms with van der Waals surface area (Å²) in [4.78, 5) is 25.2. The summed E-state index contributed by atoms with van der Waals surface area (Å²) in [5, 5.41) is 5.86. The highest BCUT2D eigenvalue weighted by Crippen LogP contribution is 2.60. The van der Waals surface area contributed by atoms with Gasteiger partial charge in [-0.1, -0.05) is 26.0 Å². The molecule has 0 spiro atoms. The number of hydrogen-bond donors (Lipinski definition) is 2. The molecule has 5 rings (SSSR count). The van der Waals surface area contributed by atoms with Gasteiger partial charge in [0, 0.05) is 11.1 Å². The fraction of sp³-hybridized carbons (Fsp3) is 0.636. The molecule has 26 heavy (non-hydrogen) atoms. The number of hydrogen-bond acceptors (Lipinski definition) is 2. The van der Waals surface area contributed by atoms with E-state index in [4.69, 9.17) is 0 Å². The standard InChI is InChI=1S/C22H30N2O2/c1-14(2)18-4-3-5-19(9-18)24-20(25)13-23-21(26)22-10-15-6-16(11-22)8-17(7-15)12-22/h3-5,9,14-17H,6-8,10-13H2,1-2H3,(H,23,26)(H,24,25). The number of carbonyl (C=O) groups excluding carboxylic acids is 2. The summed E-state index contributed by atoms with van der Waals surface area (Å²) in [6.07, 6.45) is 7.05. The maximum atomic E-state index is 12.9. The van der Waals surface area contributed by atoms with Gasteiger partial charge in [0.05, 0.1) is 6.54 Å². The van der Waals surface area contributed by atoms with Gasteiger partial charge in [-0.05, 0) is 79.9 Å². The monoisotopic (exact) mass is 354 g/mol. The van der Waals surface area contributed by atoms with Crippen LogP contribution in [0.15, 0.2) is 24.3 Å². The second-order valence-corrected chi connectivity index (χ2v) is 9.21. The van der Waals surface area contributed by atoms with E-state index in [2.05, 4.69) is 30.5 Å². The summed E-state index contributed by atoms with van der Waals surface area (Å²) in [5.41, 5.74) is 1.80. The van der Waals surface area contributed by atoms with Crippen LogP contribution in [-0.4, -0.2) is 18.4 Å². The van der Waals surface area contributed by atoms with Crippen molar-refractivity contribution < 1.29 is 9.59 Å². The number of benzene rings is 1. The fourth-order valence-corrected chi connectivity index (χ4v) is 5.92. The SMILES string of the molecule is CC(C)c1cccc(NC(=O)CNC(=O)C23CC4CC(CC(C4)C2)C3)c1. The van der Waals surface area contributed by atoms with Crippen molar-refractivity contribution in [1.29, 1.82) is 0 Å². The van der Waals surface area contributed by atoms with Gasteiger partial charge in [0.15, 0.2) is 0 Å². The Hall–Kier alpha value is -1.84. The normalized spacial score (nSPS) is 31.9. The van der Waals surface area contributed by atoms with Crippen LogP contribution < -0.4 is 10.6 Å². The topological polar surface area (TPSA) is 58.2 Å². The van der Waals surface area contributed by atoms with E-state index in [1.54, 1.807) is 0 Å². The summed E-state index contributed by atoms with van der Waals surface area (Å²) < 4.78 is 0. The van der Waals surface area contributed by atoms with E-state index in [9.17, 15) is 9.59 Å². The third kappa shape index (κ3) is 3.38. The number of nitrogens with one attached hydrogen (secondary N) is 2. The van der Waals surface area contributed by atoms with Gasteiger partial charge in [0.25, 0.3) is 0 Å². The zero-order valence-electron chi connectivity index (χ0n) is 15.9. The van der Waals surface area contributed by atoms with Gasteiger partial charge in [-0.2, -0.15) is 0 Å². The van der Waals surface area contributed by atoms with Crippen molar-refractivity contribution in [2.24, 2.45) is 23.2 Å². The van der Waals surface area contributed by atoms with Gasteiger partial charge in [-0.3, -0.25) is 9.59 Å². The predicted molar refractivity (Wildman–Crippen MR) is 103 cm³/mol. The highest BCUT2D eigenvalue weighted by atomic mass is 16.2. The molecule has 1 aromatic rings. The van der Waals surface area contributed by atoms with E-state index >= 15 is 0 Å². The minimum absolute atomic E-state index is 0.0620. The summed E-state index contributed by atoms with van der Waals surface area (Å²) in [6, 6.07) is 7.92. The Kier molecular flexibility index (Phi) is 4.54. The number of anilines is 1. The van der Waals surface area contributed by atoms with E-state index in [0.717, 1.165) is 42.7 Å². The molecule has 0 heterocycles. The van der Waals surface area contributed by atoms with Crippen molar-refractivity contribution in [1.82, 2.24) is 5.32 Å². The molecule has 0 atom stereocenters. The van der Waals surface area contributed by atoms with Gasteiger partial charge in [-0.25, -0.2) is 0 Å². The Labute approximate surface area is 156 Å². The van der Waals surface area contributed by atoms with Crippen molar-refractivity contribution in [2.75, 3.05) is 11.9 Å². The second kappa shape index (κ2) is 6.71. The number of amides is 2. The first-order valence-electron chi connectivity index (χ1n) is 10.1. The van der Waals surface area contributed by atoms with Crippen LogP contribution >= 0.6 is 0 Å². The number of rotatable bonds is 5. The smallest absolute Gasteiger partial charge is 0.243 e. The molecular weight excluding hydrogens is 324 g/mol. The van der Waals surface area contributed by atoms with E-state index in [-0.39, 0.29) is 23.8 Å². The summed E-state index contributed by atoms with van der Waals surface area (Å²) in [7, 11) is 0. The van der Waals surface area contributed by atoms with Gasteiger partial charge >= 0.3 is 0 Å². The molecule has 0 aromatic heterocycles. The molecule has 4 nitrogen and oxygen atoms in total. The molecule has 0 unspecified atom stereocenters. The fourth-order valence-electron chi connectivity index (χ4n) is 5.92. The van der Waals surface area contributed by atoms with Crippen molar-refractivity contribution in [2.45, 2.75) is 58.3 Å². The molecular formula is C22H30N2O2. The van der Waals surface area contributed by atoms with E-state index in [1.165, 1.54) is 24.8 Å².